The number of halogens is 1. The van der Waals surface area contributed by atoms with Crippen molar-refractivity contribution in [1.82, 2.24) is 0 Å². The van der Waals surface area contributed by atoms with Gasteiger partial charge in [0.05, 0.1) is 0 Å². The Kier molecular flexibility index (Phi) is 6.96. The first kappa shape index (κ1) is 11.3. The molecule has 0 radical (unpaired) electrons. The van der Waals surface area contributed by atoms with E-state index >= 15 is 0 Å². The van der Waals surface area contributed by atoms with E-state index in [1.807, 2.05) is 0 Å². The van der Waals surface area contributed by atoms with E-state index in [0.717, 1.165) is 0 Å². The summed E-state index contributed by atoms with van der Waals surface area (Å²) in [6.45, 7) is 3.11. The summed E-state index contributed by atoms with van der Waals surface area (Å²) < 4.78 is 4.34. The lowest BCUT2D eigenvalue weighted by atomic mass is 10.5. The van der Waals surface area contributed by atoms with E-state index in [4.69, 9.17) is 5.41 Å². The summed E-state index contributed by atoms with van der Waals surface area (Å²) in [5, 5.41) is 6.68. The minimum Gasteiger partial charge on any atom is -0.412 e. The third-order valence-corrected chi connectivity index (χ3v) is 0.556. The third kappa shape index (κ3) is 7.43. The van der Waals surface area contributed by atoms with E-state index in [9.17, 15) is 4.79 Å². The lowest BCUT2D eigenvalue weighted by Crippen LogP contribution is -2.05. The number of nitrogens with one attached hydrogen (secondary N) is 1. The quantitative estimate of drug-likeness (QED) is 0.350. The van der Waals surface area contributed by atoms with Crippen molar-refractivity contribution in [2.45, 2.75) is 20.3 Å². The molecule has 3 nitrogen and oxygen atoms in total. The number of rotatable bonds is 1. The highest BCUT2D eigenvalue weighted by atomic mass is 35.5. The molecule has 1 N–H and O–H groups in total. The summed E-state index contributed by atoms with van der Waals surface area (Å²) in [7, 11) is 0. The molecule has 0 fully saturated rings. The topological polar surface area (TPSA) is 50.2 Å². The number of esters is 1. The minimum absolute atomic E-state index is 0. The summed E-state index contributed by atoms with van der Waals surface area (Å²) in [6.07, 6.45) is 0.330. The molecular formula is C5H10ClNO2. The lowest BCUT2D eigenvalue weighted by molar-refractivity contribution is -0.135. The Morgan fingerprint density at radius 2 is 2.11 bits per heavy atom. The lowest BCUT2D eigenvalue weighted by Gasteiger charge is -1.95. The van der Waals surface area contributed by atoms with Crippen LogP contribution in [-0.2, 0) is 9.53 Å². The van der Waals surface area contributed by atoms with Crippen LogP contribution in [0.2, 0.25) is 0 Å². The largest absolute Gasteiger partial charge is 0.412 e. The van der Waals surface area contributed by atoms with Crippen LogP contribution in [0.4, 0.5) is 0 Å². The number of carbonyl (C=O) groups is 1. The van der Waals surface area contributed by atoms with Crippen molar-refractivity contribution >= 4 is 24.3 Å². The van der Waals surface area contributed by atoms with Gasteiger partial charge in [-0.1, -0.05) is 6.92 Å². The van der Waals surface area contributed by atoms with Gasteiger partial charge in [-0.2, -0.15) is 0 Å². The molecular weight excluding hydrogens is 142 g/mol. The van der Waals surface area contributed by atoms with E-state index in [-0.39, 0.29) is 24.3 Å². The Morgan fingerprint density at radius 3 is 2.22 bits per heavy atom. The molecule has 0 heterocycles. The van der Waals surface area contributed by atoms with Gasteiger partial charge in [0.25, 0.3) is 0 Å². The van der Waals surface area contributed by atoms with Gasteiger partial charge in [0.15, 0.2) is 5.90 Å². The van der Waals surface area contributed by atoms with Crippen molar-refractivity contribution in [3.63, 3.8) is 0 Å². The van der Waals surface area contributed by atoms with Crippen LogP contribution < -0.4 is 0 Å². The second-order valence-electron chi connectivity index (χ2n) is 1.38. The van der Waals surface area contributed by atoms with Crippen LogP contribution >= 0.6 is 12.4 Å². The molecule has 0 saturated carbocycles. The van der Waals surface area contributed by atoms with E-state index < -0.39 is 0 Å². The van der Waals surface area contributed by atoms with Gasteiger partial charge in [-0.05, 0) is 0 Å². The molecule has 0 amide bonds. The maximum absolute atomic E-state index is 10.3. The van der Waals surface area contributed by atoms with Gasteiger partial charge < -0.3 is 4.74 Å². The van der Waals surface area contributed by atoms with Gasteiger partial charge in [-0.15, -0.1) is 12.4 Å². The van der Waals surface area contributed by atoms with Crippen molar-refractivity contribution in [1.29, 1.82) is 5.41 Å². The first-order valence-corrected chi connectivity index (χ1v) is 2.42. The Balaban J connectivity index is 0. The Labute approximate surface area is 60.3 Å². The van der Waals surface area contributed by atoms with E-state index in [1.54, 1.807) is 6.92 Å². The second kappa shape index (κ2) is 5.56. The Morgan fingerprint density at radius 1 is 1.67 bits per heavy atom. The molecule has 0 aliphatic rings. The van der Waals surface area contributed by atoms with Crippen LogP contribution in [0.15, 0.2) is 0 Å². The highest BCUT2D eigenvalue weighted by Crippen LogP contribution is 1.83. The first-order chi connectivity index (χ1) is 3.66. The molecule has 4 heteroatoms. The molecule has 9 heavy (non-hydrogen) atoms. The summed E-state index contributed by atoms with van der Waals surface area (Å²) in [4.78, 5) is 10.3. The fourth-order valence-corrected chi connectivity index (χ4v) is 0.243. The van der Waals surface area contributed by atoms with Gasteiger partial charge >= 0.3 is 5.97 Å². The summed E-state index contributed by atoms with van der Waals surface area (Å²) in [5.41, 5.74) is 0. The van der Waals surface area contributed by atoms with Gasteiger partial charge in [0, 0.05) is 13.3 Å². The Hall–Kier alpha value is -0.570. The van der Waals surface area contributed by atoms with Crippen LogP contribution in [-0.4, -0.2) is 11.9 Å². The maximum atomic E-state index is 10.3. The minimum atomic E-state index is -0.350. The third-order valence-electron chi connectivity index (χ3n) is 0.556. The normalized spacial score (nSPS) is 7.33. The SMILES string of the molecule is CCC(=O)OC(C)=N.Cl. The molecule has 0 aliphatic carbocycles. The molecule has 0 unspecified atom stereocenters. The predicted molar refractivity (Wildman–Crippen MR) is 37.0 cm³/mol. The maximum Gasteiger partial charge on any atom is 0.311 e. The summed E-state index contributed by atoms with van der Waals surface area (Å²) >= 11 is 0. The monoisotopic (exact) mass is 151 g/mol. The highest BCUT2D eigenvalue weighted by molar-refractivity contribution is 5.85. The van der Waals surface area contributed by atoms with Crippen LogP contribution in [0, 0.1) is 5.41 Å². The average Bonchev–Trinajstić information content (AvgIpc) is 1.65. The molecule has 0 rings (SSSR count). The number of ether oxygens (including phenoxy) is 1. The van der Waals surface area contributed by atoms with Crippen molar-refractivity contribution in [3.8, 4) is 0 Å². The van der Waals surface area contributed by atoms with Gasteiger partial charge in [-0.3, -0.25) is 10.2 Å². The molecule has 0 saturated heterocycles. The molecule has 0 atom stereocenters. The Bertz CT molecular complexity index is 114. The zero-order valence-electron chi connectivity index (χ0n) is 5.43. The van der Waals surface area contributed by atoms with Crippen molar-refractivity contribution in [2.75, 3.05) is 0 Å². The molecule has 0 spiro atoms. The fourth-order valence-electron chi connectivity index (χ4n) is 0.243. The van der Waals surface area contributed by atoms with E-state index in [0.29, 0.717) is 6.42 Å². The fraction of sp³-hybridized carbons (Fsp3) is 0.600. The molecule has 54 valence electrons. The number of hydrogen-bond acceptors (Lipinski definition) is 3. The molecule has 0 aromatic heterocycles. The van der Waals surface area contributed by atoms with Crippen molar-refractivity contribution in [3.05, 3.63) is 0 Å². The standard InChI is InChI=1S/C5H9NO2.ClH/c1-3-5(7)8-4(2)6;/h6H,3H2,1-2H3;1H. The zero-order valence-corrected chi connectivity index (χ0v) is 6.25. The predicted octanol–water partition coefficient (Wildman–Crippen LogP) is 1.36. The molecule has 0 aromatic carbocycles. The van der Waals surface area contributed by atoms with Gasteiger partial charge in [0.2, 0.25) is 0 Å². The van der Waals surface area contributed by atoms with E-state index in [1.165, 1.54) is 6.92 Å². The number of hydrogen-bond donors (Lipinski definition) is 1. The average molecular weight is 152 g/mol. The van der Waals surface area contributed by atoms with Crippen molar-refractivity contribution < 1.29 is 9.53 Å². The van der Waals surface area contributed by atoms with Crippen LogP contribution in [0.25, 0.3) is 0 Å². The van der Waals surface area contributed by atoms with Crippen LogP contribution in [0.5, 0.6) is 0 Å². The zero-order chi connectivity index (χ0) is 6.57. The number of carbonyl (C=O) groups excluding carboxylic acids is 1. The van der Waals surface area contributed by atoms with Gasteiger partial charge in [0.1, 0.15) is 0 Å². The molecule has 0 aliphatic heterocycles. The second-order valence-corrected chi connectivity index (χ2v) is 1.38. The van der Waals surface area contributed by atoms with Gasteiger partial charge in [-0.25, -0.2) is 0 Å². The van der Waals surface area contributed by atoms with Crippen LogP contribution in [0.3, 0.4) is 0 Å². The van der Waals surface area contributed by atoms with E-state index in [2.05, 4.69) is 4.74 Å². The molecule has 0 aromatic rings. The molecule has 0 bridgehead atoms. The smallest absolute Gasteiger partial charge is 0.311 e. The van der Waals surface area contributed by atoms with Crippen molar-refractivity contribution in [2.24, 2.45) is 0 Å². The van der Waals surface area contributed by atoms with Crippen LogP contribution in [0.1, 0.15) is 20.3 Å². The summed E-state index contributed by atoms with van der Waals surface area (Å²) in [6, 6.07) is 0. The highest BCUT2D eigenvalue weighted by Gasteiger charge is 1.96. The first-order valence-electron chi connectivity index (χ1n) is 2.42. The summed E-state index contributed by atoms with van der Waals surface area (Å²) in [5.74, 6) is -0.394.